The summed E-state index contributed by atoms with van der Waals surface area (Å²) in [7, 11) is 1.85. The van der Waals surface area contributed by atoms with Crippen molar-refractivity contribution >= 4 is 22.7 Å². The summed E-state index contributed by atoms with van der Waals surface area (Å²) in [5.74, 6) is 0.757. The van der Waals surface area contributed by atoms with Crippen LogP contribution in [0, 0.1) is 22.7 Å². The number of rotatable bonds is 3. The average Bonchev–Trinajstić information content (AvgIpc) is 3.12. The minimum absolute atomic E-state index is 0.102. The molecule has 0 spiro atoms. The van der Waals surface area contributed by atoms with Crippen LogP contribution in [0.3, 0.4) is 0 Å². The van der Waals surface area contributed by atoms with Crippen LogP contribution in [0.25, 0.3) is 22.4 Å². The Labute approximate surface area is 149 Å². The normalized spacial score (nSPS) is 22.9. The zero-order chi connectivity index (χ0) is 17.9. The topological polar surface area (TPSA) is 88.0 Å². The van der Waals surface area contributed by atoms with E-state index < -0.39 is 5.41 Å². The van der Waals surface area contributed by atoms with E-state index in [0.29, 0.717) is 35.5 Å². The van der Waals surface area contributed by atoms with E-state index in [9.17, 15) is 10.1 Å². The summed E-state index contributed by atoms with van der Waals surface area (Å²) in [5, 5.41) is 13.9. The fraction of sp³-hybridized carbons (Fsp3) is 0.368. The van der Waals surface area contributed by atoms with Crippen molar-refractivity contribution in [2.24, 2.45) is 18.4 Å². The maximum atomic E-state index is 13.1. The van der Waals surface area contributed by atoms with Gasteiger partial charge >= 0.3 is 0 Å². The van der Waals surface area contributed by atoms with Crippen LogP contribution >= 0.6 is 0 Å². The number of furan rings is 1. The third-order valence-corrected chi connectivity index (χ3v) is 5.50. The third-order valence-electron chi connectivity index (χ3n) is 5.50. The van der Waals surface area contributed by atoms with Crippen molar-refractivity contribution in [3.63, 3.8) is 0 Å². The van der Waals surface area contributed by atoms with Gasteiger partial charge in [-0.25, -0.2) is 0 Å². The van der Waals surface area contributed by atoms with E-state index in [1.807, 2.05) is 19.3 Å². The Hall–Kier alpha value is -3.14. The van der Waals surface area contributed by atoms with Gasteiger partial charge < -0.3 is 9.32 Å². The van der Waals surface area contributed by atoms with Gasteiger partial charge in [-0.2, -0.15) is 10.4 Å². The van der Waals surface area contributed by atoms with Crippen molar-refractivity contribution in [2.45, 2.75) is 19.3 Å². The molecule has 1 aliphatic heterocycles. The van der Waals surface area contributed by atoms with Crippen LogP contribution in [0.5, 0.6) is 0 Å². The first kappa shape index (κ1) is 15.1. The van der Waals surface area contributed by atoms with Crippen LogP contribution in [0.2, 0.25) is 0 Å². The molecule has 1 atom stereocenters. The number of nitrogens with zero attached hydrogens (tertiary/aromatic N) is 5. The smallest absolute Gasteiger partial charge is 0.247 e. The molecule has 26 heavy (non-hydrogen) atoms. The number of anilines is 1. The lowest BCUT2D eigenvalue weighted by molar-refractivity contribution is -0.123. The number of aromatic nitrogens is 3. The van der Waals surface area contributed by atoms with E-state index in [2.05, 4.69) is 16.2 Å². The van der Waals surface area contributed by atoms with E-state index in [0.717, 1.165) is 18.4 Å². The first-order chi connectivity index (χ1) is 12.6. The summed E-state index contributed by atoms with van der Waals surface area (Å²) >= 11 is 0. The second-order valence-electron chi connectivity index (χ2n) is 7.12. The highest BCUT2D eigenvalue weighted by molar-refractivity contribution is 6.06. The SMILES string of the molecule is Cn1cc(-c2cc3nccc(N4CC[C@@](C#N)(C5CC5)C4=O)c3o2)cn1. The number of pyridine rings is 1. The van der Waals surface area contributed by atoms with E-state index in [1.54, 1.807) is 28.0 Å². The number of amides is 1. The average molecular weight is 347 g/mol. The molecule has 1 saturated carbocycles. The van der Waals surface area contributed by atoms with Crippen molar-refractivity contribution in [3.05, 3.63) is 30.7 Å². The van der Waals surface area contributed by atoms with Gasteiger partial charge in [-0.15, -0.1) is 0 Å². The number of hydrogen-bond acceptors (Lipinski definition) is 5. The summed E-state index contributed by atoms with van der Waals surface area (Å²) < 4.78 is 7.75. The van der Waals surface area contributed by atoms with E-state index in [-0.39, 0.29) is 11.8 Å². The molecule has 130 valence electrons. The van der Waals surface area contributed by atoms with Crippen LogP contribution in [-0.4, -0.2) is 27.2 Å². The van der Waals surface area contributed by atoms with Gasteiger partial charge in [-0.1, -0.05) is 0 Å². The lowest BCUT2D eigenvalue weighted by atomic mass is 9.83. The van der Waals surface area contributed by atoms with Crippen LogP contribution in [0.15, 0.2) is 35.1 Å². The molecule has 5 rings (SSSR count). The van der Waals surface area contributed by atoms with Gasteiger partial charge in [0.05, 0.1) is 23.5 Å². The molecular formula is C19H17N5O2. The fourth-order valence-electron chi connectivity index (χ4n) is 3.95. The first-order valence-electron chi connectivity index (χ1n) is 8.73. The molecule has 1 saturated heterocycles. The minimum Gasteiger partial charge on any atom is -0.452 e. The predicted molar refractivity (Wildman–Crippen MR) is 94.0 cm³/mol. The van der Waals surface area contributed by atoms with Crippen molar-refractivity contribution in [1.29, 1.82) is 5.26 Å². The Morgan fingerprint density at radius 3 is 2.96 bits per heavy atom. The number of nitriles is 1. The summed E-state index contributed by atoms with van der Waals surface area (Å²) in [6.45, 7) is 0.533. The van der Waals surface area contributed by atoms with Gasteiger partial charge in [0.1, 0.15) is 16.7 Å². The Morgan fingerprint density at radius 2 is 2.27 bits per heavy atom. The molecule has 2 fully saturated rings. The molecule has 1 amide bonds. The van der Waals surface area contributed by atoms with Crippen LogP contribution in [-0.2, 0) is 11.8 Å². The molecule has 0 N–H and O–H groups in total. The Kier molecular flexibility index (Phi) is 3.02. The van der Waals surface area contributed by atoms with Gasteiger partial charge in [0.25, 0.3) is 0 Å². The Balaban J connectivity index is 1.58. The molecule has 7 heteroatoms. The largest absolute Gasteiger partial charge is 0.452 e. The number of carbonyl (C=O) groups is 1. The summed E-state index contributed by atoms with van der Waals surface area (Å²) in [4.78, 5) is 19.2. The maximum absolute atomic E-state index is 13.1. The zero-order valence-electron chi connectivity index (χ0n) is 14.3. The lowest BCUT2D eigenvalue weighted by Crippen LogP contribution is -2.35. The second kappa shape index (κ2) is 5.18. The highest BCUT2D eigenvalue weighted by atomic mass is 16.3. The summed E-state index contributed by atoms with van der Waals surface area (Å²) in [5.41, 5.74) is 1.94. The molecule has 0 radical (unpaired) electrons. The molecule has 3 aromatic heterocycles. The minimum atomic E-state index is -0.867. The standard InChI is InChI=1S/C19H17N5O2/c1-23-10-12(9-22-23)16-8-14-17(26-16)15(4-6-21-14)24-7-5-19(11-20,18(24)25)13-2-3-13/h4,6,8-10,13H,2-3,5,7H2,1H3/t19-/m1/s1. The van der Waals surface area contributed by atoms with Gasteiger partial charge in [0.2, 0.25) is 5.91 Å². The lowest BCUT2D eigenvalue weighted by Gasteiger charge is -2.20. The first-order valence-corrected chi connectivity index (χ1v) is 8.73. The molecule has 0 aromatic carbocycles. The number of fused-ring (bicyclic) bond motifs is 1. The van der Waals surface area contributed by atoms with Gasteiger partial charge in [0.15, 0.2) is 5.58 Å². The van der Waals surface area contributed by atoms with Crippen molar-refractivity contribution in [3.8, 4) is 17.4 Å². The van der Waals surface area contributed by atoms with E-state index in [4.69, 9.17) is 4.42 Å². The van der Waals surface area contributed by atoms with E-state index >= 15 is 0 Å². The van der Waals surface area contributed by atoms with Crippen molar-refractivity contribution in [1.82, 2.24) is 14.8 Å². The molecule has 0 unspecified atom stereocenters. The van der Waals surface area contributed by atoms with Gasteiger partial charge in [-0.05, 0) is 31.2 Å². The quantitative estimate of drug-likeness (QED) is 0.727. The monoisotopic (exact) mass is 347 g/mol. The zero-order valence-corrected chi connectivity index (χ0v) is 14.3. The fourth-order valence-corrected chi connectivity index (χ4v) is 3.95. The highest BCUT2D eigenvalue weighted by Gasteiger charge is 2.57. The van der Waals surface area contributed by atoms with Crippen molar-refractivity contribution in [2.75, 3.05) is 11.4 Å². The number of carbonyl (C=O) groups excluding carboxylic acids is 1. The number of aryl methyl sites for hydroxylation is 1. The van der Waals surface area contributed by atoms with Crippen molar-refractivity contribution < 1.29 is 9.21 Å². The molecule has 1 aliphatic carbocycles. The van der Waals surface area contributed by atoms with Crippen LogP contribution in [0.4, 0.5) is 5.69 Å². The number of hydrogen-bond donors (Lipinski definition) is 0. The van der Waals surface area contributed by atoms with Gasteiger partial charge in [0, 0.05) is 32.1 Å². The maximum Gasteiger partial charge on any atom is 0.247 e. The Bertz CT molecular complexity index is 1070. The molecule has 0 bridgehead atoms. The molecule has 2 aliphatic rings. The second-order valence-corrected chi connectivity index (χ2v) is 7.12. The van der Waals surface area contributed by atoms with Gasteiger partial charge in [-0.3, -0.25) is 14.5 Å². The molecule has 7 nitrogen and oxygen atoms in total. The van der Waals surface area contributed by atoms with Crippen LogP contribution in [0.1, 0.15) is 19.3 Å². The summed E-state index contributed by atoms with van der Waals surface area (Å²) in [6, 6.07) is 5.97. The third kappa shape index (κ3) is 2.02. The highest BCUT2D eigenvalue weighted by Crippen LogP contribution is 2.52. The molecule has 4 heterocycles. The Morgan fingerprint density at radius 1 is 1.42 bits per heavy atom. The summed E-state index contributed by atoms with van der Waals surface area (Å²) in [6.07, 6.45) is 7.78. The van der Waals surface area contributed by atoms with Crippen LogP contribution < -0.4 is 4.90 Å². The van der Waals surface area contributed by atoms with E-state index in [1.165, 1.54) is 0 Å². The predicted octanol–water partition coefficient (Wildman–Crippen LogP) is 2.88. The molecular weight excluding hydrogens is 330 g/mol. The molecule has 3 aromatic rings.